The van der Waals surface area contributed by atoms with E-state index in [9.17, 15) is 19.4 Å². The minimum absolute atomic E-state index is 0.00925. The van der Waals surface area contributed by atoms with Crippen LogP contribution in [-0.4, -0.2) is 68.5 Å². The van der Waals surface area contributed by atoms with E-state index in [0.717, 1.165) is 70.6 Å². The number of aliphatic hydroxyl groups is 1. The first-order valence-corrected chi connectivity index (χ1v) is 40.4. The van der Waals surface area contributed by atoms with Gasteiger partial charge in [0.15, 0.2) is 0 Å². The van der Waals surface area contributed by atoms with Gasteiger partial charge in [0.25, 0.3) is 7.82 Å². The van der Waals surface area contributed by atoms with Crippen LogP contribution in [0.3, 0.4) is 0 Å². The molecule has 3 atom stereocenters. The number of rotatable bonds is 72. The highest BCUT2D eigenvalue weighted by atomic mass is 31.2. The van der Waals surface area contributed by atoms with Gasteiger partial charge in [-0.25, -0.2) is 0 Å². The van der Waals surface area contributed by atoms with E-state index in [1.54, 1.807) is 6.08 Å². The van der Waals surface area contributed by atoms with Gasteiger partial charge in [0, 0.05) is 6.42 Å². The number of unbranched alkanes of at least 4 members (excludes halogenated alkanes) is 47. The number of phosphoric ester groups is 1. The number of carbonyl (C=O) groups is 1. The number of nitrogens with one attached hydrogen (secondary N) is 1. The Labute approximate surface area is 560 Å². The van der Waals surface area contributed by atoms with Crippen LogP contribution in [0.15, 0.2) is 85.1 Å². The van der Waals surface area contributed by atoms with Crippen LogP contribution in [0.2, 0.25) is 0 Å². The Balaban J connectivity index is 4.00. The van der Waals surface area contributed by atoms with Crippen LogP contribution in [0.5, 0.6) is 0 Å². The fourth-order valence-corrected chi connectivity index (χ4v) is 12.3. The van der Waals surface area contributed by atoms with E-state index in [0.29, 0.717) is 17.4 Å². The molecule has 0 saturated heterocycles. The third-order valence-electron chi connectivity index (χ3n) is 17.6. The number of likely N-dealkylation sites (N-methyl/N-ethyl adjacent to an activating group) is 1. The van der Waals surface area contributed by atoms with E-state index >= 15 is 0 Å². The summed E-state index contributed by atoms with van der Waals surface area (Å²) in [5.74, 6) is -0.205. The van der Waals surface area contributed by atoms with Crippen LogP contribution >= 0.6 is 7.82 Å². The van der Waals surface area contributed by atoms with Crippen LogP contribution in [0.1, 0.15) is 373 Å². The molecule has 0 aromatic rings. The number of amides is 1. The van der Waals surface area contributed by atoms with Crippen molar-refractivity contribution in [2.75, 3.05) is 40.9 Å². The smallest absolute Gasteiger partial charge is 0.268 e. The highest BCUT2D eigenvalue weighted by Gasteiger charge is 2.23. The molecule has 2 N–H and O–H groups in total. The number of hydrogen-bond acceptors (Lipinski definition) is 6. The Morgan fingerprint density at radius 2 is 0.689 bits per heavy atom. The van der Waals surface area contributed by atoms with Crippen LogP contribution in [-0.2, 0) is 18.4 Å². The Hall–Kier alpha value is -2.32. The lowest BCUT2D eigenvalue weighted by molar-refractivity contribution is -0.870. The molecule has 0 radical (unpaired) electrons. The number of carbonyl (C=O) groups excluding carboxylic acids is 1. The zero-order valence-electron chi connectivity index (χ0n) is 60.3. The van der Waals surface area contributed by atoms with Gasteiger partial charge in [-0.2, -0.15) is 0 Å². The molecule has 0 aliphatic heterocycles. The van der Waals surface area contributed by atoms with Crippen LogP contribution in [0.25, 0.3) is 0 Å². The summed E-state index contributed by atoms with van der Waals surface area (Å²) in [5.41, 5.74) is 0. The van der Waals surface area contributed by atoms with Gasteiger partial charge in [-0.3, -0.25) is 9.36 Å². The van der Waals surface area contributed by atoms with E-state index in [1.807, 2.05) is 27.2 Å². The highest BCUT2D eigenvalue weighted by Crippen LogP contribution is 2.38. The number of hydrogen-bond donors (Lipinski definition) is 2. The molecule has 0 rings (SSSR count). The molecule has 0 spiro atoms. The van der Waals surface area contributed by atoms with Gasteiger partial charge in [-0.1, -0.05) is 369 Å². The SMILES string of the molecule is CC/C=C\C/C=C\C/C=C\C/C=C\CCCCCCCCCCCCCCCCCCCCCCCCCCCCC(=O)NC(COP(=O)([O-])OCC[N+](C)(C)C)C(O)/C=C/CC/C=C/CC/C=C/CCCCCCCCCCCCCCCCCCCCC. The summed E-state index contributed by atoms with van der Waals surface area (Å²) in [6.45, 7) is 4.56. The number of quaternary nitrogens is 1. The highest BCUT2D eigenvalue weighted by molar-refractivity contribution is 7.45. The molecule has 0 bridgehead atoms. The topological polar surface area (TPSA) is 108 Å². The van der Waals surface area contributed by atoms with E-state index in [1.165, 1.54) is 283 Å². The summed E-state index contributed by atoms with van der Waals surface area (Å²) in [6.07, 6.45) is 102. The minimum Gasteiger partial charge on any atom is -0.756 e. The fourth-order valence-electron chi connectivity index (χ4n) is 11.6. The summed E-state index contributed by atoms with van der Waals surface area (Å²) in [6, 6.07) is -0.913. The van der Waals surface area contributed by atoms with Crippen molar-refractivity contribution in [2.45, 2.75) is 386 Å². The molecule has 0 aromatic heterocycles. The zero-order chi connectivity index (χ0) is 65.5. The lowest BCUT2D eigenvalue weighted by Crippen LogP contribution is -2.45. The average molecular weight is 1280 g/mol. The predicted molar refractivity (Wildman–Crippen MR) is 394 cm³/mol. The van der Waals surface area contributed by atoms with Gasteiger partial charge in [-0.15, -0.1) is 0 Å². The van der Waals surface area contributed by atoms with Gasteiger partial charge in [-0.05, 0) is 83.5 Å². The monoisotopic (exact) mass is 1280 g/mol. The first kappa shape index (κ1) is 87.7. The molecular formula is C81H151N2O6P. The summed E-state index contributed by atoms with van der Waals surface area (Å²) in [5, 5.41) is 14.0. The molecule has 0 aliphatic rings. The maximum Gasteiger partial charge on any atom is 0.268 e. The zero-order valence-corrected chi connectivity index (χ0v) is 61.2. The number of aliphatic hydroxyl groups excluding tert-OH is 1. The third-order valence-corrected chi connectivity index (χ3v) is 18.5. The number of phosphoric acid groups is 1. The van der Waals surface area contributed by atoms with E-state index < -0.39 is 26.6 Å². The second-order valence-corrected chi connectivity index (χ2v) is 29.1. The summed E-state index contributed by atoms with van der Waals surface area (Å²) >= 11 is 0. The van der Waals surface area contributed by atoms with E-state index in [-0.39, 0.29) is 12.5 Å². The Bertz CT molecular complexity index is 1750. The summed E-state index contributed by atoms with van der Waals surface area (Å²) in [7, 11) is 1.25. The van der Waals surface area contributed by atoms with Crippen molar-refractivity contribution in [1.29, 1.82) is 0 Å². The van der Waals surface area contributed by atoms with Gasteiger partial charge < -0.3 is 28.8 Å². The molecule has 0 saturated carbocycles. The standard InChI is InChI=1S/C81H151N2O6P/c1-6-8-10-12-14-16-18-20-22-24-26-28-30-32-34-36-37-38-39-40-41-42-43-44-45-47-49-51-53-55-57-59-61-63-65-67-69-71-73-75-81(85)82-79(78-89-90(86,87)88-77-76-83(3,4)5)80(84)74-72-70-68-66-64-62-60-58-56-54-52-50-48-46-35-33-31-29-27-25-23-21-19-17-15-13-11-9-7-2/h8,10,14,16,20,22,26,28,56,58,64,66,72,74,79-80,84H,6-7,9,11-13,15,17-19,21,23-25,27,29-55,57,59-63,65,67-71,73,75-78H2,1-5H3,(H-,82,85,86,87)/b10-8-,16-14-,22-20-,28-26-,58-56+,66-64+,74-72+. The summed E-state index contributed by atoms with van der Waals surface area (Å²) < 4.78 is 23.5. The fraction of sp³-hybridized carbons (Fsp3) is 0.815. The lowest BCUT2D eigenvalue weighted by Gasteiger charge is -2.29. The molecule has 0 aliphatic carbocycles. The van der Waals surface area contributed by atoms with Gasteiger partial charge in [0.1, 0.15) is 13.2 Å². The molecular weight excluding hydrogens is 1130 g/mol. The molecule has 8 nitrogen and oxygen atoms in total. The maximum atomic E-state index is 13.1. The molecule has 0 aromatic carbocycles. The van der Waals surface area contributed by atoms with Crippen LogP contribution in [0.4, 0.5) is 0 Å². The Kier molecular flexibility index (Phi) is 69.2. The molecule has 9 heteroatoms. The van der Waals surface area contributed by atoms with Crippen molar-refractivity contribution < 1.29 is 32.9 Å². The van der Waals surface area contributed by atoms with Crippen molar-refractivity contribution in [1.82, 2.24) is 5.32 Å². The minimum atomic E-state index is -4.62. The normalized spacial score (nSPS) is 14.0. The largest absolute Gasteiger partial charge is 0.756 e. The molecule has 90 heavy (non-hydrogen) atoms. The predicted octanol–water partition coefficient (Wildman–Crippen LogP) is 24.8. The lowest BCUT2D eigenvalue weighted by atomic mass is 10.0. The maximum absolute atomic E-state index is 13.1. The van der Waals surface area contributed by atoms with Crippen molar-refractivity contribution in [3.8, 4) is 0 Å². The quantitative estimate of drug-likeness (QED) is 0.0272. The van der Waals surface area contributed by atoms with Gasteiger partial charge >= 0.3 is 0 Å². The first-order valence-electron chi connectivity index (χ1n) is 38.9. The van der Waals surface area contributed by atoms with Crippen molar-refractivity contribution in [3.05, 3.63) is 85.1 Å². The van der Waals surface area contributed by atoms with Gasteiger partial charge in [0.2, 0.25) is 5.91 Å². The van der Waals surface area contributed by atoms with Gasteiger partial charge in [0.05, 0.1) is 39.9 Å². The van der Waals surface area contributed by atoms with Crippen molar-refractivity contribution in [2.24, 2.45) is 0 Å². The Morgan fingerprint density at radius 1 is 0.400 bits per heavy atom. The second kappa shape index (κ2) is 71.0. The molecule has 3 unspecified atom stereocenters. The summed E-state index contributed by atoms with van der Waals surface area (Å²) in [4.78, 5) is 25.7. The first-order chi connectivity index (χ1) is 44.0. The molecule has 0 heterocycles. The molecule has 0 fully saturated rings. The van der Waals surface area contributed by atoms with Crippen molar-refractivity contribution in [3.63, 3.8) is 0 Å². The number of nitrogens with zero attached hydrogens (tertiary/aromatic N) is 1. The molecule has 526 valence electrons. The van der Waals surface area contributed by atoms with Crippen LogP contribution in [0, 0.1) is 0 Å². The van der Waals surface area contributed by atoms with E-state index in [4.69, 9.17) is 9.05 Å². The van der Waals surface area contributed by atoms with Crippen LogP contribution < -0.4 is 10.2 Å². The van der Waals surface area contributed by atoms with Crippen molar-refractivity contribution >= 4 is 13.7 Å². The number of allylic oxidation sites excluding steroid dienone is 13. The molecule has 1 amide bonds. The Morgan fingerprint density at radius 3 is 1.03 bits per heavy atom. The van der Waals surface area contributed by atoms with E-state index in [2.05, 4.69) is 92.1 Å². The second-order valence-electron chi connectivity index (χ2n) is 27.7. The third kappa shape index (κ3) is 73.1. The average Bonchev–Trinajstić information content (AvgIpc) is 3.72.